The van der Waals surface area contributed by atoms with E-state index in [2.05, 4.69) is 6.92 Å². The number of fused-ring (bicyclic) bond motifs is 1. The molecule has 104 valence electrons. The Balaban J connectivity index is 1.95. The third-order valence-corrected chi connectivity index (χ3v) is 4.56. The molecule has 1 aromatic carbocycles. The molecular weight excluding hydrogens is 246 g/mol. The number of ether oxygens (including phenoxy) is 1. The second-order valence-corrected chi connectivity index (χ2v) is 5.99. The Morgan fingerprint density at radius 3 is 2.58 bits per heavy atom. The van der Waals surface area contributed by atoms with Gasteiger partial charge >= 0.3 is 0 Å². The van der Waals surface area contributed by atoms with Gasteiger partial charge in [0.05, 0.1) is 6.61 Å². The fourth-order valence-corrected chi connectivity index (χ4v) is 3.33. The summed E-state index contributed by atoms with van der Waals surface area (Å²) in [6, 6.07) is 1.85. The van der Waals surface area contributed by atoms with Crippen LogP contribution in [0.2, 0.25) is 0 Å². The van der Waals surface area contributed by atoms with E-state index >= 15 is 0 Å². The molecule has 0 aromatic heterocycles. The van der Waals surface area contributed by atoms with Crippen LogP contribution in [-0.2, 0) is 6.42 Å². The molecule has 0 atom stereocenters. The highest BCUT2D eigenvalue weighted by Crippen LogP contribution is 2.40. The average Bonchev–Trinajstić information content (AvgIpc) is 2.44. The highest BCUT2D eigenvalue weighted by atomic mass is 19.2. The molecule has 1 aliphatic heterocycles. The van der Waals surface area contributed by atoms with Gasteiger partial charge < -0.3 is 4.74 Å². The predicted octanol–water partition coefficient (Wildman–Crippen LogP) is 4.58. The molecule has 3 heteroatoms. The molecule has 1 aliphatic carbocycles. The Morgan fingerprint density at radius 2 is 1.84 bits per heavy atom. The van der Waals surface area contributed by atoms with Crippen molar-refractivity contribution in [3.05, 3.63) is 28.8 Å². The van der Waals surface area contributed by atoms with Gasteiger partial charge in [-0.05, 0) is 54.7 Å². The van der Waals surface area contributed by atoms with Crippen LogP contribution < -0.4 is 4.74 Å². The number of rotatable bonds is 1. The normalized spacial score (nSPS) is 26.7. The van der Waals surface area contributed by atoms with Crippen molar-refractivity contribution >= 4 is 0 Å². The Labute approximate surface area is 113 Å². The zero-order valence-electron chi connectivity index (χ0n) is 11.3. The van der Waals surface area contributed by atoms with Gasteiger partial charge in [0, 0.05) is 0 Å². The van der Waals surface area contributed by atoms with Crippen LogP contribution in [0.1, 0.15) is 56.1 Å². The van der Waals surface area contributed by atoms with Gasteiger partial charge in [0.15, 0.2) is 11.6 Å². The number of halogens is 2. The minimum atomic E-state index is -0.772. The topological polar surface area (TPSA) is 9.23 Å². The Bertz CT molecular complexity index is 476. The molecule has 0 N–H and O–H groups in total. The van der Waals surface area contributed by atoms with Crippen LogP contribution in [0.4, 0.5) is 8.78 Å². The van der Waals surface area contributed by atoms with Crippen molar-refractivity contribution in [3.8, 4) is 5.75 Å². The highest BCUT2D eigenvalue weighted by molar-refractivity contribution is 5.42. The molecule has 1 nitrogen and oxygen atoms in total. The smallest absolute Gasteiger partial charge is 0.201 e. The van der Waals surface area contributed by atoms with Gasteiger partial charge in [0.2, 0.25) is 5.82 Å². The molecule has 19 heavy (non-hydrogen) atoms. The molecule has 2 aliphatic rings. The third kappa shape index (κ3) is 2.35. The zero-order chi connectivity index (χ0) is 13.4. The molecule has 0 radical (unpaired) electrons. The van der Waals surface area contributed by atoms with E-state index in [1.165, 1.54) is 0 Å². The summed E-state index contributed by atoms with van der Waals surface area (Å²) in [7, 11) is 0. The van der Waals surface area contributed by atoms with Crippen LogP contribution in [0.5, 0.6) is 5.75 Å². The number of benzene rings is 1. The molecule has 1 fully saturated rings. The summed E-state index contributed by atoms with van der Waals surface area (Å²) < 4.78 is 33.6. The third-order valence-electron chi connectivity index (χ3n) is 4.56. The van der Waals surface area contributed by atoms with Crippen molar-refractivity contribution in [1.82, 2.24) is 0 Å². The van der Waals surface area contributed by atoms with Gasteiger partial charge in [-0.1, -0.05) is 19.8 Å². The second kappa shape index (κ2) is 5.10. The Hall–Kier alpha value is -1.12. The van der Waals surface area contributed by atoms with Crippen LogP contribution >= 0.6 is 0 Å². The molecule has 0 unspecified atom stereocenters. The summed E-state index contributed by atoms with van der Waals surface area (Å²) in [5, 5.41) is 0. The fraction of sp³-hybridized carbons (Fsp3) is 0.625. The predicted molar refractivity (Wildman–Crippen MR) is 70.5 cm³/mol. The molecule has 0 saturated heterocycles. The van der Waals surface area contributed by atoms with Crippen LogP contribution in [0.25, 0.3) is 0 Å². The first kappa shape index (κ1) is 12.9. The van der Waals surface area contributed by atoms with Gasteiger partial charge in [-0.3, -0.25) is 0 Å². The number of hydrogen-bond donors (Lipinski definition) is 0. The molecule has 1 aromatic rings. The van der Waals surface area contributed by atoms with Crippen molar-refractivity contribution in [2.75, 3.05) is 6.61 Å². The van der Waals surface area contributed by atoms with E-state index in [-0.39, 0.29) is 11.7 Å². The van der Waals surface area contributed by atoms with Crippen molar-refractivity contribution in [2.45, 2.75) is 51.4 Å². The summed E-state index contributed by atoms with van der Waals surface area (Å²) in [6.45, 7) is 2.72. The lowest BCUT2D eigenvalue weighted by Gasteiger charge is -2.28. The van der Waals surface area contributed by atoms with Crippen molar-refractivity contribution in [3.63, 3.8) is 0 Å². The van der Waals surface area contributed by atoms with Crippen LogP contribution in [0, 0.1) is 17.6 Å². The standard InChI is InChI=1S/C16H20F2O/c1-10-4-6-11(7-5-10)13-9-12-3-2-8-19-16(12)15(18)14(13)17/h9-11H,2-8H2,1H3. The van der Waals surface area contributed by atoms with E-state index in [1.807, 2.05) is 6.07 Å². The Kier molecular flexibility index (Phi) is 3.46. The van der Waals surface area contributed by atoms with Gasteiger partial charge in [-0.15, -0.1) is 0 Å². The molecular formula is C16H20F2O. The summed E-state index contributed by atoms with van der Waals surface area (Å²) in [6.07, 6.45) is 5.84. The maximum atomic E-state index is 14.2. The quantitative estimate of drug-likeness (QED) is 0.722. The monoisotopic (exact) mass is 266 g/mol. The van der Waals surface area contributed by atoms with Gasteiger partial charge in [-0.25, -0.2) is 4.39 Å². The zero-order valence-corrected chi connectivity index (χ0v) is 11.3. The van der Waals surface area contributed by atoms with E-state index in [9.17, 15) is 8.78 Å². The van der Waals surface area contributed by atoms with E-state index < -0.39 is 11.6 Å². The summed E-state index contributed by atoms with van der Waals surface area (Å²) in [4.78, 5) is 0. The summed E-state index contributed by atoms with van der Waals surface area (Å²) >= 11 is 0. The van der Waals surface area contributed by atoms with Gasteiger partial charge in [0.25, 0.3) is 0 Å². The average molecular weight is 266 g/mol. The largest absolute Gasteiger partial charge is 0.490 e. The van der Waals surface area contributed by atoms with E-state index in [0.717, 1.165) is 44.1 Å². The molecule has 0 amide bonds. The minimum Gasteiger partial charge on any atom is -0.490 e. The summed E-state index contributed by atoms with van der Waals surface area (Å²) in [5.74, 6) is -0.411. The summed E-state index contributed by atoms with van der Waals surface area (Å²) in [5.41, 5.74) is 1.42. The maximum Gasteiger partial charge on any atom is 0.201 e. The van der Waals surface area contributed by atoms with Crippen LogP contribution in [0.3, 0.4) is 0 Å². The van der Waals surface area contributed by atoms with E-state index in [1.54, 1.807) is 0 Å². The van der Waals surface area contributed by atoms with Gasteiger partial charge in [-0.2, -0.15) is 4.39 Å². The Morgan fingerprint density at radius 1 is 1.11 bits per heavy atom. The van der Waals surface area contributed by atoms with Gasteiger partial charge in [0.1, 0.15) is 0 Å². The van der Waals surface area contributed by atoms with Crippen molar-refractivity contribution < 1.29 is 13.5 Å². The van der Waals surface area contributed by atoms with Crippen molar-refractivity contribution in [1.29, 1.82) is 0 Å². The maximum absolute atomic E-state index is 14.2. The molecule has 0 spiro atoms. The lowest BCUT2D eigenvalue weighted by Crippen LogP contribution is -2.16. The first-order valence-electron chi connectivity index (χ1n) is 7.30. The number of aryl methyl sites for hydroxylation is 1. The molecule has 0 bridgehead atoms. The second-order valence-electron chi connectivity index (χ2n) is 5.99. The minimum absolute atomic E-state index is 0.150. The van der Waals surface area contributed by atoms with Crippen LogP contribution in [0.15, 0.2) is 6.07 Å². The highest BCUT2D eigenvalue weighted by Gasteiger charge is 2.28. The lowest BCUT2D eigenvalue weighted by atomic mass is 9.78. The van der Waals surface area contributed by atoms with Crippen LogP contribution in [-0.4, -0.2) is 6.61 Å². The first-order chi connectivity index (χ1) is 9.16. The van der Waals surface area contributed by atoms with E-state index in [4.69, 9.17) is 4.74 Å². The van der Waals surface area contributed by atoms with E-state index in [0.29, 0.717) is 18.1 Å². The van der Waals surface area contributed by atoms with Crippen molar-refractivity contribution in [2.24, 2.45) is 5.92 Å². The first-order valence-corrected chi connectivity index (χ1v) is 7.30. The fourth-order valence-electron chi connectivity index (χ4n) is 3.33. The molecule has 1 heterocycles. The number of hydrogen-bond acceptors (Lipinski definition) is 1. The molecule has 3 rings (SSSR count). The molecule has 1 saturated carbocycles. The SMILES string of the molecule is CC1CCC(c2cc3c(c(F)c2F)OCCC3)CC1. The lowest BCUT2D eigenvalue weighted by molar-refractivity contribution is 0.265.